The molecule has 3 N–H and O–H groups in total. The molecule has 0 saturated heterocycles. The normalized spacial score (nSPS) is 12.1. The van der Waals surface area contributed by atoms with Crippen LogP contribution in [-0.2, 0) is 9.84 Å². The van der Waals surface area contributed by atoms with Crippen molar-refractivity contribution in [3.63, 3.8) is 0 Å². The molecule has 1 unspecified atom stereocenters. The molecule has 9 heteroatoms. The van der Waals surface area contributed by atoms with E-state index >= 15 is 0 Å². The zero-order valence-electron chi connectivity index (χ0n) is 16.4. The van der Waals surface area contributed by atoms with Gasteiger partial charge in [0, 0.05) is 6.20 Å². The van der Waals surface area contributed by atoms with Crippen molar-refractivity contribution in [1.29, 1.82) is 0 Å². The number of amides is 1. The first-order chi connectivity index (χ1) is 14.4. The van der Waals surface area contributed by atoms with E-state index in [0.29, 0.717) is 11.3 Å². The molecular weight excluding hydrogens is 406 g/mol. The number of rotatable bonds is 7. The van der Waals surface area contributed by atoms with Crippen LogP contribution in [0.15, 0.2) is 71.8 Å². The summed E-state index contributed by atoms with van der Waals surface area (Å²) in [6.45, 7) is 1.73. The van der Waals surface area contributed by atoms with Crippen LogP contribution in [0.1, 0.15) is 27.0 Å². The molecule has 1 amide bonds. The van der Waals surface area contributed by atoms with E-state index in [9.17, 15) is 13.2 Å². The molecule has 156 valence electrons. The zero-order valence-corrected chi connectivity index (χ0v) is 17.2. The zero-order chi connectivity index (χ0) is 21.7. The van der Waals surface area contributed by atoms with E-state index in [0.717, 1.165) is 0 Å². The number of hydrogen-bond acceptors (Lipinski definition) is 7. The van der Waals surface area contributed by atoms with Crippen molar-refractivity contribution in [3.05, 3.63) is 83.7 Å². The average molecular weight is 427 g/mol. The number of sulfone groups is 1. The Morgan fingerprint density at radius 3 is 2.40 bits per heavy atom. The fraction of sp³-hybridized carbons (Fsp3) is 0.143. The highest BCUT2D eigenvalue weighted by atomic mass is 32.2. The summed E-state index contributed by atoms with van der Waals surface area (Å²) in [5.74, 6) is -0.236. The summed E-state index contributed by atoms with van der Waals surface area (Å²) >= 11 is 0. The Bertz CT molecular complexity index is 1130. The lowest BCUT2D eigenvalue weighted by Crippen LogP contribution is -2.26. The van der Waals surface area contributed by atoms with Gasteiger partial charge in [-0.25, -0.2) is 13.9 Å². The quantitative estimate of drug-likeness (QED) is 0.392. The van der Waals surface area contributed by atoms with E-state index in [1.807, 2.05) is 0 Å². The van der Waals surface area contributed by atoms with Crippen LogP contribution in [0.2, 0.25) is 0 Å². The van der Waals surface area contributed by atoms with Crippen molar-refractivity contribution >= 4 is 21.4 Å². The van der Waals surface area contributed by atoms with E-state index in [1.54, 1.807) is 54.9 Å². The number of aryl methyl sites for hydroxylation is 1. The Morgan fingerprint density at radius 1 is 1.07 bits per heavy atom. The van der Waals surface area contributed by atoms with Crippen LogP contribution in [0.5, 0.6) is 5.75 Å². The summed E-state index contributed by atoms with van der Waals surface area (Å²) in [6, 6.07) is 15.8. The van der Waals surface area contributed by atoms with Crippen LogP contribution in [-0.4, -0.2) is 31.6 Å². The highest BCUT2D eigenvalue weighted by molar-refractivity contribution is 7.91. The molecule has 3 aromatic rings. The number of nitrogens with one attached hydrogen (secondary N) is 2. The van der Waals surface area contributed by atoms with Gasteiger partial charge in [0.1, 0.15) is 5.75 Å². The molecule has 3 rings (SSSR count). The first-order valence-corrected chi connectivity index (χ1v) is 10.5. The lowest BCUT2D eigenvalue weighted by atomic mass is 10.1. The van der Waals surface area contributed by atoms with Gasteiger partial charge >= 0.3 is 0 Å². The van der Waals surface area contributed by atoms with Crippen LogP contribution in [0.4, 0.5) is 5.69 Å². The second kappa shape index (κ2) is 8.93. The van der Waals surface area contributed by atoms with E-state index in [1.165, 1.54) is 31.5 Å². The van der Waals surface area contributed by atoms with Gasteiger partial charge in [-0.05, 0) is 55.0 Å². The van der Waals surface area contributed by atoms with Gasteiger partial charge in [0.25, 0.3) is 5.91 Å². The Labute approximate surface area is 174 Å². The minimum absolute atomic E-state index is 0.0631. The van der Waals surface area contributed by atoms with Crippen molar-refractivity contribution in [2.75, 3.05) is 12.4 Å². The predicted molar refractivity (Wildman–Crippen MR) is 111 cm³/mol. The highest BCUT2D eigenvalue weighted by Gasteiger charge is 2.32. The number of hydrogen-bond donors (Lipinski definition) is 3. The molecule has 0 spiro atoms. The maximum atomic E-state index is 13.5. The average Bonchev–Trinajstić information content (AvgIpc) is 2.78. The van der Waals surface area contributed by atoms with Gasteiger partial charge < -0.3 is 10.1 Å². The largest absolute Gasteiger partial charge is 0.497 e. The Hall–Kier alpha value is -3.43. The number of pyridine rings is 1. The summed E-state index contributed by atoms with van der Waals surface area (Å²) < 4.78 is 32.1. The number of carbonyl (C=O) groups is 1. The second-order valence-corrected chi connectivity index (χ2v) is 8.47. The van der Waals surface area contributed by atoms with Crippen molar-refractivity contribution in [1.82, 2.24) is 10.5 Å². The molecule has 1 atom stereocenters. The molecule has 8 nitrogen and oxygen atoms in total. The maximum absolute atomic E-state index is 13.5. The third-order valence-corrected chi connectivity index (χ3v) is 6.46. The fourth-order valence-electron chi connectivity index (χ4n) is 2.98. The van der Waals surface area contributed by atoms with Crippen LogP contribution in [0.25, 0.3) is 0 Å². The standard InChI is InChI=1S/C21H21N3O5S/c1-14-6-5-7-17(20(25)24-26)19(14)23-21(18-8-3-4-13-22-18)30(27,28)16-11-9-15(29-2)10-12-16/h3-13,21,23,26H,1-2H3,(H,24,25). The number of hydroxylamine groups is 1. The number of nitrogens with zero attached hydrogens (tertiary/aromatic N) is 1. The van der Waals surface area contributed by atoms with Gasteiger partial charge in [-0.2, -0.15) is 0 Å². The molecule has 30 heavy (non-hydrogen) atoms. The number of benzene rings is 2. The first-order valence-electron chi connectivity index (χ1n) is 8.98. The van der Waals surface area contributed by atoms with Crippen molar-refractivity contribution in [2.24, 2.45) is 0 Å². The number of ether oxygens (including phenoxy) is 1. The Balaban J connectivity index is 2.13. The third kappa shape index (κ3) is 4.27. The van der Waals surface area contributed by atoms with E-state index in [2.05, 4.69) is 10.3 Å². The molecule has 0 bridgehead atoms. The van der Waals surface area contributed by atoms with Crippen LogP contribution in [0.3, 0.4) is 0 Å². The van der Waals surface area contributed by atoms with Crippen molar-refractivity contribution in [2.45, 2.75) is 17.2 Å². The smallest absolute Gasteiger partial charge is 0.276 e. The van der Waals surface area contributed by atoms with Gasteiger partial charge in [0.2, 0.25) is 9.84 Å². The minimum Gasteiger partial charge on any atom is -0.497 e. The molecule has 0 aliphatic carbocycles. The highest BCUT2D eigenvalue weighted by Crippen LogP contribution is 2.33. The topological polar surface area (TPSA) is 118 Å². The lowest BCUT2D eigenvalue weighted by Gasteiger charge is -2.23. The Morgan fingerprint density at radius 2 is 1.80 bits per heavy atom. The van der Waals surface area contributed by atoms with E-state index < -0.39 is 21.1 Å². The third-order valence-electron chi connectivity index (χ3n) is 4.55. The maximum Gasteiger partial charge on any atom is 0.276 e. The molecule has 0 radical (unpaired) electrons. The fourth-order valence-corrected chi connectivity index (χ4v) is 4.50. The Kier molecular flexibility index (Phi) is 6.34. The van der Waals surface area contributed by atoms with Crippen molar-refractivity contribution in [3.8, 4) is 5.75 Å². The number of para-hydroxylation sites is 1. The van der Waals surface area contributed by atoms with Gasteiger partial charge in [0.05, 0.1) is 29.0 Å². The molecule has 0 aliphatic rings. The summed E-state index contributed by atoms with van der Waals surface area (Å²) in [6.07, 6.45) is 1.49. The van der Waals surface area contributed by atoms with Gasteiger partial charge in [0.15, 0.2) is 5.37 Å². The molecule has 0 saturated carbocycles. The van der Waals surface area contributed by atoms with E-state index in [4.69, 9.17) is 9.94 Å². The second-order valence-electron chi connectivity index (χ2n) is 6.44. The predicted octanol–water partition coefficient (Wildman–Crippen LogP) is 3.10. The van der Waals surface area contributed by atoms with Crippen LogP contribution < -0.4 is 15.5 Å². The van der Waals surface area contributed by atoms with Gasteiger partial charge in [-0.1, -0.05) is 18.2 Å². The summed E-state index contributed by atoms with van der Waals surface area (Å²) in [7, 11) is -2.47. The molecule has 0 aliphatic heterocycles. The molecule has 2 aromatic carbocycles. The monoisotopic (exact) mass is 427 g/mol. The summed E-state index contributed by atoms with van der Waals surface area (Å²) in [5, 5.41) is 10.8. The van der Waals surface area contributed by atoms with Crippen molar-refractivity contribution < 1.29 is 23.2 Å². The van der Waals surface area contributed by atoms with E-state index in [-0.39, 0.29) is 21.8 Å². The first kappa shape index (κ1) is 21.3. The number of anilines is 1. The molecule has 1 heterocycles. The SMILES string of the molecule is COc1ccc(S(=O)(=O)C(Nc2c(C)cccc2C(=O)NO)c2ccccn2)cc1. The van der Waals surface area contributed by atoms with Crippen LogP contribution >= 0.6 is 0 Å². The summed E-state index contributed by atoms with van der Waals surface area (Å²) in [5.41, 5.74) is 2.85. The molecule has 1 aromatic heterocycles. The minimum atomic E-state index is -3.97. The van der Waals surface area contributed by atoms with Crippen LogP contribution in [0, 0.1) is 6.92 Å². The van der Waals surface area contributed by atoms with Gasteiger partial charge in [-0.3, -0.25) is 15.0 Å². The number of carbonyl (C=O) groups excluding carboxylic acids is 1. The molecule has 0 fully saturated rings. The summed E-state index contributed by atoms with van der Waals surface area (Å²) in [4.78, 5) is 16.4. The number of aromatic nitrogens is 1. The van der Waals surface area contributed by atoms with Gasteiger partial charge in [-0.15, -0.1) is 0 Å². The lowest BCUT2D eigenvalue weighted by molar-refractivity contribution is 0.0707. The molecular formula is C21H21N3O5S. The number of methoxy groups -OCH3 is 1.